The Balaban J connectivity index is 1.17. The third kappa shape index (κ3) is 3.43. The summed E-state index contributed by atoms with van der Waals surface area (Å²) >= 11 is 0. The van der Waals surface area contributed by atoms with Gasteiger partial charge in [0.25, 0.3) is 11.8 Å². The summed E-state index contributed by atoms with van der Waals surface area (Å²) in [5.74, 6) is 0.114. The van der Waals surface area contributed by atoms with Crippen LogP contribution in [0.25, 0.3) is 5.65 Å². The van der Waals surface area contributed by atoms with Gasteiger partial charge in [0.05, 0.1) is 11.3 Å². The van der Waals surface area contributed by atoms with Gasteiger partial charge >= 0.3 is 0 Å². The molecule has 2 aliphatic rings. The molecule has 0 aliphatic carbocycles. The summed E-state index contributed by atoms with van der Waals surface area (Å²) in [4.78, 5) is 42.6. The van der Waals surface area contributed by atoms with E-state index in [0.29, 0.717) is 36.2 Å². The number of nitrogens with one attached hydrogen (secondary N) is 1. The Morgan fingerprint density at radius 1 is 0.886 bits per heavy atom. The van der Waals surface area contributed by atoms with Crippen molar-refractivity contribution >= 4 is 29.1 Å². The van der Waals surface area contributed by atoms with Crippen LogP contribution in [-0.2, 0) is 11.2 Å². The lowest BCUT2D eigenvalue weighted by molar-refractivity contribution is -0.122. The molecule has 0 unspecified atom stereocenters. The minimum Gasteiger partial charge on any atom is -0.355 e. The van der Waals surface area contributed by atoms with Crippen molar-refractivity contribution in [2.75, 3.05) is 18.0 Å². The normalized spacial score (nSPS) is 16.3. The first kappa shape index (κ1) is 21.0. The fourth-order valence-corrected chi connectivity index (χ4v) is 4.88. The van der Waals surface area contributed by atoms with E-state index in [0.717, 1.165) is 17.0 Å². The number of pyridine rings is 1. The van der Waals surface area contributed by atoms with E-state index in [1.165, 1.54) is 4.90 Å². The lowest BCUT2D eigenvalue weighted by Gasteiger charge is -2.40. The maximum absolute atomic E-state index is 13.4. The van der Waals surface area contributed by atoms with Crippen LogP contribution in [0.2, 0.25) is 0 Å². The molecule has 3 amide bonds. The quantitative estimate of drug-likeness (QED) is 0.441. The van der Waals surface area contributed by atoms with Gasteiger partial charge in [0.1, 0.15) is 18.5 Å². The molecule has 174 valence electrons. The van der Waals surface area contributed by atoms with Gasteiger partial charge in [0.15, 0.2) is 5.65 Å². The number of fused-ring (bicyclic) bond motifs is 6. The second-order valence-electron chi connectivity index (χ2n) is 8.58. The van der Waals surface area contributed by atoms with E-state index in [9.17, 15) is 14.4 Å². The largest absolute Gasteiger partial charge is 0.355 e. The van der Waals surface area contributed by atoms with Crippen molar-refractivity contribution in [3.63, 3.8) is 0 Å². The van der Waals surface area contributed by atoms with Crippen LogP contribution < -0.4 is 10.2 Å². The molecule has 6 rings (SSSR count). The lowest BCUT2D eigenvalue weighted by atomic mass is 10.0. The molecule has 9 nitrogen and oxygen atoms in total. The molecule has 4 heterocycles. The van der Waals surface area contributed by atoms with Gasteiger partial charge < -0.3 is 10.2 Å². The first-order valence-electron chi connectivity index (χ1n) is 11.5. The molecule has 2 aliphatic heterocycles. The van der Waals surface area contributed by atoms with E-state index in [1.807, 2.05) is 40.9 Å². The third-order valence-corrected chi connectivity index (χ3v) is 6.48. The minimum atomic E-state index is -0.644. The Bertz CT molecular complexity index is 1480. The van der Waals surface area contributed by atoms with Crippen LogP contribution in [-0.4, -0.2) is 50.3 Å². The smallest absolute Gasteiger partial charge is 0.260 e. The van der Waals surface area contributed by atoms with Gasteiger partial charge in [-0.25, -0.2) is 0 Å². The number of anilines is 1. The molecular formula is C26H22N6O3. The van der Waals surface area contributed by atoms with Crippen molar-refractivity contribution in [3.8, 4) is 0 Å². The van der Waals surface area contributed by atoms with Gasteiger partial charge in [0.2, 0.25) is 5.91 Å². The summed E-state index contributed by atoms with van der Waals surface area (Å²) in [6.45, 7) is 0.285. The molecule has 0 radical (unpaired) electrons. The molecule has 0 fully saturated rings. The first-order valence-corrected chi connectivity index (χ1v) is 11.5. The van der Waals surface area contributed by atoms with E-state index in [-0.39, 0.29) is 24.3 Å². The van der Waals surface area contributed by atoms with Crippen LogP contribution in [0.3, 0.4) is 0 Å². The Hall–Kier alpha value is -4.53. The zero-order valence-electron chi connectivity index (χ0n) is 18.8. The number of rotatable bonds is 6. The van der Waals surface area contributed by atoms with Gasteiger partial charge in [-0.1, -0.05) is 36.4 Å². The summed E-state index contributed by atoms with van der Waals surface area (Å²) in [6, 6.07) is 20.0. The van der Waals surface area contributed by atoms with E-state index in [2.05, 4.69) is 15.5 Å². The number of aromatic nitrogens is 3. The van der Waals surface area contributed by atoms with Crippen molar-refractivity contribution < 1.29 is 14.4 Å². The number of aryl methyl sites for hydroxylation is 1. The average molecular weight is 467 g/mol. The van der Waals surface area contributed by atoms with E-state index in [4.69, 9.17) is 0 Å². The summed E-state index contributed by atoms with van der Waals surface area (Å²) in [5.41, 5.74) is 3.04. The first-order chi connectivity index (χ1) is 17.1. The molecule has 0 bridgehead atoms. The predicted molar refractivity (Wildman–Crippen MR) is 128 cm³/mol. The molecule has 1 N–H and O–H groups in total. The molecular weight excluding hydrogens is 444 g/mol. The number of hydrogen-bond donors (Lipinski definition) is 1. The number of nitrogens with zero attached hydrogens (tertiary/aromatic N) is 5. The second kappa shape index (κ2) is 8.35. The van der Waals surface area contributed by atoms with Crippen molar-refractivity contribution in [1.82, 2.24) is 24.8 Å². The highest BCUT2D eigenvalue weighted by Gasteiger charge is 2.47. The number of benzene rings is 2. The lowest BCUT2D eigenvalue weighted by Crippen LogP contribution is -2.51. The zero-order chi connectivity index (χ0) is 23.9. The second-order valence-corrected chi connectivity index (χ2v) is 8.58. The SMILES string of the molecule is O=C(CN1C(=O)c2ccccc2N2C(=O)c3ccccc3[C@H]12)NCCCc1nnc2ccccn12. The molecule has 9 heteroatoms. The zero-order valence-corrected chi connectivity index (χ0v) is 18.8. The number of hydrogen-bond acceptors (Lipinski definition) is 5. The van der Waals surface area contributed by atoms with E-state index < -0.39 is 6.17 Å². The molecule has 0 saturated carbocycles. The molecule has 1 atom stereocenters. The molecule has 2 aromatic carbocycles. The summed E-state index contributed by atoms with van der Waals surface area (Å²) < 4.78 is 1.93. The Labute approximate surface area is 201 Å². The Morgan fingerprint density at radius 2 is 1.66 bits per heavy atom. The monoisotopic (exact) mass is 466 g/mol. The Morgan fingerprint density at radius 3 is 2.54 bits per heavy atom. The number of para-hydroxylation sites is 1. The van der Waals surface area contributed by atoms with Crippen LogP contribution >= 0.6 is 0 Å². The summed E-state index contributed by atoms with van der Waals surface area (Å²) in [6.07, 6.45) is 2.60. The topological polar surface area (TPSA) is 99.9 Å². The maximum Gasteiger partial charge on any atom is 0.260 e. The van der Waals surface area contributed by atoms with Crippen molar-refractivity contribution in [3.05, 3.63) is 95.4 Å². The van der Waals surface area contributed by atoms with Gasteiger partial charge in [0, 0.05) is 30.3 Å². The molecule has 0 saturated heterocycles. The minimum absolute atomic E-state index is 0.149. The van der Waals surface area contributed by atoms with Crippen molar-refractivity contribution in [2.45, 2.75) is 19.0 Å². The standard InChI is InChI=1S/C26H22N6O3/c33-23(27-14-7-13-22-29-28-21-12-5-6-15-30(21)22)16-31-24-17-8-1-2-9-18(17)26(35)32(24)20-11-4-3-10-19(20)25(31)34/h1-6,8-12,15,24H,7,13-14,16H2,(H,27,33)/t24-/m1/s1. The van der Waals surface area contributed by atoms with Crippen molar-refractivity contribution in [2.24, 2.45) is 0 Å². The average Bonchev–Trinajstić information content (AvgIpc) is 3.43. The van der Waals surface area contributed by atoms with E-state index in [1.54, 1.807) is 41.3 Å². The highest BCUT2D eigenvalue weighted by atomic mass is 16.2. The highest BCUT2D eigenvalue weighted by Crippen LogP contribution is 2.44. The maximum atomic E-state index is 13.4. The number of amides is 3. The molecule has 4 aromatic rings. The Kier molecular flexibility index (Phi) is 5.02. The fraction of sp³-hybridized carbons (Fsp3) is 0.192. The summed E-state index contributed by atoms with van der Waals surface area (Å²) in [7, 11) is 0. The summed E-state index contributed by atoms with van der Waals surface area (Å²) in [5, 5.41) is 11.3. The van der Waals surface area contributed by atoms with Crippen LogP contribution in [0.5, 0.6) is 0 Å². The molecule has 2 aromatic heterocycles. The number of carbonyl (C=O) groups is 3. The van der Waals surface area contributed by atoms with Crippen LogP contribution in [0.1, 0.15) is 44.7 Å². The van der Waals surface area contributed by atoms with Crippen LogP contribution in [0.4, 0.5) is 5.69 Å². The number of carbonyl (C=O) groups excluding carboxylic acids is 3. The third-order valence-electron chi connectivity index (χ3n) is 6.48. The van der Waals surface area contributed by atoms with Gasteiger partial charge in [-0.05, 0) is 36.8 Å². The molecule has 35 heavy (non-hydrogen) atoms. The van der Waals surface area contributed by atoms with Crippen LogP contribution in [0, 0.1) is 0 Å². The van der Waals surface area contributed by atoms with Crippen molar-refractivity contribution in [1.29, 1.82) is 0 Å². The highest BCUT2D eigenvalue weighted by molar-refractivity contribution is 6.17. The van der Waals surface area contributed by atoms with Crippen LogP contribution in [0.15, 0.2) is 72.9 Å². The predicted octanol–water partition coefficient (Wildman–Crippen LogP) is 2.59. The van der Waals surface area contributed by atoms with Gasteiger partial charge in [-0.15, -0.1) is 10.2 Å². The van der Waals surface area contributed by atoms with Gasteiger partial charge in [-0.3, -0.25) is 23.7 Å². The van der Waals surface area contributed by atoms with E-state index >= 15 is 0 Å². The molecule has 0 spiro atoms. The fourth-order valence-electron chi connectivity index (χ4n) is 4.88. The van der Waals surface area contributed by atoms with Gasteiger partial charge in [-0.2, -0.15) is 0 Å².